The molecule has 0 aliphatic carbocycles. The van der Waals surface area contributed by atoms with Crippen molar-refractivity contribution in [3.05, 3.63) is 55.5 Å². The first kappa shape index (κ1) is 15.6. The van der Waals surface area contributed by atoms with Crippen molar-refractivity contribution >= 4 is 17.0 Å². The highest BCUT2D eigenvalue weighted by molar-refractivity contribution is 7.11. The summed E-state index contributed by atoms with van der Waals surface area (Å²) in [6.07, 6.45) is 2.75. The van der Waals surface area contributed by atoms with Crippen molar-refractivity contribution in [2.24, 2.45) is 0 Å². The highest BCUT2D eigenvalue weighted by Gasteiger charge is 2.16. The van der Waals surface area contributed by atoms with Crippen molar-refractivity contribution in [3.8, 4) is 0 Å². The molecule has 112 valence electrons. The Bertz CT molecular complexity index is 640. The number of nitrogens with zero attached hydrogens (tertiary/aromatic N) is 2. The van der Waals surface area contributed by atoms with Crippen LogP contribution in [0.5, 0.6) is 0 Å². The molecular formula is C15H19N3O2S. The van der Waals surface area contributed by atoms with Gasteiger partial charge in [-0.25, -0.2) is 4.98 Å². The summed E-state index contributed by atoms with van der Waals surface area (Å²) in [5.41, 5.74) is 1.88. The Hall–Kier alpha value is -1.79. The van der Waals surface area contributed by atoms with E-state index < -0.39 is 0 Å². The number of thiazole rings is 1. The predicted octanol–water partition coefficient (Wildman–Crippen LogP) is 3.56. The van der Waals surface area contributed by atoms with Gasteiger partial charge in [0.25, 0.3) is 5.69 Å². The molecule has 2 aromatic rings. The molecule has 0 bridgehead atoms. The van der Waals surface area contributed by atoms with E-state index in [1.54, 1.807) is 30.4 Å². The molecule has 1 unspecified atom stereocenters. The minimum absolute atomic E-state index is 0.0750. The molecule has 0 amide bonds. The van der Waals surface area contributed by atoms with Crippen LogP contribution in [-0.2, 0) is 6.42 Å². The van der Waals surface area contributed by atoms with Gasteiger partial charge >= 0.3 is 0 Å². The molecule has 21 heavy (non-hydrogen) atoms. The van der Waals surface area contributed by atoms with Crippen LogP contribution in [0.3, 0.4) is 0 Å². The molecule has 1 atom stereocenters. The van der Waals surface area contributed by atoms with Crippen LogP contribution in [0.2, 0.25) is 0 Å². The Morgan fingerprint density at radius 2 is 2.19 bits per heavy atom. The number of nitro groups is 1. The number of aryl methyl sites for hydroxylation is 1. The molecule has 1 aromatic heterocycles. The highest BCUT2D eigenvalue weighted by atomic mass is 32.1. The monoisotopic (exact) mass is 305 g/mol. The summed E-state index contributed by atoms with van der Waals surface area (Å²) in [5, 5.41) is 15.5. The molecule has 1 aromatic carbocycles. The second-order valence-electron chi connectivity index (χ2n) is 5.04. The van der Waals surface area contributed by atoms with Gasteiger partial charge in [-0.15, -0.1) is 11.3 Å². The Morgan fingerprint density at radius 3 is 2.81 bits per heavy atom. The summed E-state index contributed by atoms with van der Waals surface area (Å²) < 4.78 is 0. The number of nitro benzene ring substituents is 1. The number of aromatic nitrogens is 1. The number of hydrogen-bond acceptors (Lipinski definition) is 5. The zero-order valence-electron chi connectivity index (χ0n) is 12.4. The maximum Gasteiger partial charge on any atom is 0.272 e. The smallest absolute Gasteiger partial charge is 0.272 e. The van der Waals surface area contributed by atoms with Gasteiger partial charge in [-0.2, -0.15) is 0 Å². The molecule has 6 heteroatoms. The predicted molar refractivity (Wildman–Crippen MR) is 84.8 cm³/mol. The van der Waals surface area contributed by atoms with Gasteiger partial charge in [-0.3, -0.25) is 10.1 Å². The van der Waals surface area contributed by atoms with E-state index in [9.17, 15) is 10.1 Å². The molecule has 0 fully saturated rings. The lowest BCUT2D eigenvalue weighted by Gasteiger charge is -2.16. The first-order chi connectivity index (χ1) is 9.99. The van der Waals surface area contributed by atoms with E-state index in [1.807, 2.05) is 26.1 Å². The van der Waals surface area contributed by atoms with E-state index >= 15 is 0 Å². The molecule has 0 spiro atoms. The summed E-state index contributed by atoms with van der Waals surface area (Å²) in [6.45, 7) is 6.68. The lowest BCUT2D eigenvalue weighted by atomic mass is 10.0. The van der Waals surface area contributed by atoms with Crippen LogP contribution in [0.1, 0.15) is 34.0 Å². The van der Waals surface area contributed by atoms with Crippen LogP contribution in [0.4, 0.5) is 5.69 Å². The largest absolute Gasteiger partial charge is 0.310 e. The summed E-state index contributed by atoms with van der Waals surface area (Å²) in [7, 11) is 0. The molecule has 2 rings (SSSR count). The number of nitrogens with one attached hydrogen (secondary N) is 1. The van der Waals surface area contributed by atoms with E-state index in [1.165, 1.54) is 4.88 Å². The lowest BCUT2D eigenvalue weighted by molar-refractivity contribution is -0.385. The summed E-state index contributed by atoms with van der Waals surface area (Å²) >= 11 is 1.70. The molecule has 0 aliphatic heterocycles. The van der Waals surface area contributed by atoms with Crippen LogP contribution >= 0.6 is 11.3 Å². The third kappa shape index (κ3) is 3.86. The summed E-state index contributed by atoms with van der Waals surface area (Å²) in [5.74, 6) is 0. The number of benzene rings is 1. The van der Waals surface area contributed by atoms with E-state index in [2.05, 4.69) is 10.3 Å². The van der Waals surface area contributed by atoms with Gasteiger partial charge in [-0.1, -0.05) is 12.1 Å². The zero-order valence-corrected chi connectivity index (χ0v) is 13.2. The molecule has 1 heterocycles. The second kappa shape index (κ2) is 6.78. The number of hydrogen-bond donors (Lipinski definition) is 1. The topological polar surface area (TPSA) is 68.1 Å². The van der Waals surface area contributed by atoms with Gasteiger partial charge in [0.2, 0.25) is 0 Å². The normalized spacial score (nSPS) is 12.3. The van der Waals surface area contributed by atoms with E-state index in [-0.39, 0.29) is 16.7 Å². The van der Waals surface area contributed by atoms with Crippen LogP contribution < -0.4 is 5.32 Å². The molecule has 0 radical (unpaired) electrons. The van der Waals surface area contributed by atoms with E-state index in [4.69, 9.17) is 0 Å². The molecule has 0 aliphatic rings. The molecule has 0 saturated heterocycles. The van der Waals surface area contributed by atoms with E-state index in [0.717, 1.165) is 29.1 Å². The standard InChI is InChI=1S/C15H19N3O2S/c1-10-9-17-15(21-10)7-8-16-12(3)13-5-4-6-14(11(13)2)18(19)20/h4-6,9,12,16H,7-8H2,1-3H3. The van der Waals surface area contributed by atoms with Gasteiger partial charge in [0.1, 0.15) is 0 Å². The second-order valence-corrected chi connectivity index (χ2v) is 6.36. The summed E-state index contributed by atoms with van der Waals surface area (Å²) in [6, 6.07) is 5.30. The van der Waals surface area contributed by atoms with Gasteiger partial charge in [0, 0.05) is 41.7 Å². The van der Waals surface area contributed by atoms with Gasteiger partial charge in [-0.05, 0) is 26.3 Å². The van der Waals surface area contributed by atoms with Crippen LogP contribution in [-0.4, -0.2) is 16.5 Å². The Morgan fingerprint density at radius 1 is 1.43 bits per heavy atom. The highest BCUT2D eigenvalue weighted by Crippen LogP contribution is 2.25. The van der Waals surface area contributed by atoms with Crippen LogP contribution in [0, 0.1) is 24.0 Å². The minimum atomic E-state index is -0.329. The van der Waals surface area contributed by atoms with Gasteiger partial charge < -0.3 is 5.32 Å². The maximum absolute atomic E-state index is 11.0. The third-order valence-electron chi connectivity index (χ3n) is 3.47. The molecule has 5 nitrogen and oxygen atoms in total. The minimum Gasteiger partial charge on any atom is -0.310 e. The maximum atomic E-state index is 11.0. The lowest BCUT2D eigenvalue weighted by Crippen LogP contribution is -2.22. The fourth-order valence-corrected chi connectivity index (χ4v) is 3.12. The average Bonchev–Trinajstić information content (AvgIpc) is 2.84. The van der Waals surface area contributed by atoms with Crippen molar-refractivity contribution in [1.29, 1.82) is 0 Å². The Balaban J connectivity index is 1.98. The molecule has 0 saturated carbocycles. The quantitative estimate of drug-likeness (QED) is 0.654. The fourth-order valence-electron chi connectivity index (χ4n) is 2.33. The first-order valence-electron chi connectivity index (χ1n) is 6.87. The SMILES string of the molecule is Cc1cnc(CCNC(C)c2cccc([N+](=O)[O-])c2C)s1. The van der Waals surface area contributed by atoms with Crippen molar-refractivity contribution in [2.45, 2.75) is 33.2 Å². The zero-order chi connectivity index (χ0) is 15.4. The fraction of sp³-hybridized carbons (Fsp3) is 0.400. The first-order valence-corrected chi connectivity index (χ1v) is 7.69. The third-order valence-corrected chi connectivity index (χ3v) is 4.44. The average molecular weight is 305 g/mol. The van der Waals surface area contributed by atoms with E-state index in [0.29, 0.717) is 0 Å². The number of rotatable bonds is 6. The Kier molecular flexibility index (Phi) is 5.03. The van der Waals surface area contributed by atoms with Gasteiger partial charge in [0.05, 0.1) is 9.93 Å². The molecule has 1 N–H and O–H groups in total. The van der Waals surface area contributed by atoms with Crippen molar-refractivity contribution in [2.75, 3.05) is 6.54 Å². The Labute approximate surface area is 128 Å². The van der Waals surface area contributed by atoms with Crippen LogP contribution in [0.25, 0.3) is 0 Å². The summed E-state index contributed by atoms with van der Waals surface area (Å²) in [4.78, 5) is 16.2. The van der Waals surface area contributed by atoms with Gasteiger partial charge in [0.15, 0.2) is 0 Å². The van der Waals surface area contributed by atoms with Crippen molar-refractivity contribution < 1.29 is 4.92 Å². The van der Waals surface area contributed by atoms with Crippen molar-refractivity contribution in [3.63, 3.8) is 0 Å². The molecular weight excluding hydrogens is 286 g/mol. The van der Waals surface area contributed by atoms with Crippen LogP contribution in [0.15, 0.2) is 24.4 Å². The van der Waals surface area contributed by atoms with Crippen molar-refractivity contribution in [1.82, 2.24) is 10.3 Å².